The average Bonchev–Trinajstić information content (AvgIpc) is 2.84. The predicted molar refractivity (Wildman–Crippen MR) is 89.4 cm³/mol. The Morgan fingerprint density at radius 1 is 1.21 bits per heavy atom. The summed E-state index contributed by atoms with van der Waals surface area (Å²) < 4.78 is 5.07. The number of nitrogens with zero attached hydrogens (tertiary/aromatic N) is 3. The lowest BCUT2D eigenvalue weighted by molar-refractivity contribution is -0.121. The van der Waals surface area contributed by atoms with Gasteiger partial charge < -0.3 is 9.84 Å². The van der Waals surface area contributed by atoms with Crippen molar-refractivity contribution in [2.45, 2.75) is 39.8 Å². The van der Waals surface area contributed by atoms with Gasteiger partial charge in [-0.3, -0.25) is 19.9 Å². The Bertz CT molecular complexity index is 571. The Balaban J connectivity index is 1.68. The largest absolute Gasteiger partial charge is 0.361 e. The summed E-state index contributed by atoms with van der Waals surface area (Å²) in [6, 6.07) is 1.49. The van der Waals surface area contributed by atoms with E-state index in [-0.39, 0.29) is 18.0 Å². The molecule has 1 aromatic rings. The molecule has 1 saturated heterocycles. The highest BCUT2D eigenvalue weighted by molar-refractivity contribution is 5.95. The summed E-state index contributed by atoms with van der Waals surface area (Å²) in [5.74, 6) is 0.533. The maximum Gasteiger partial charge on any atom is 0.321 e. The van der Waals surface area contributed by atoms with Crippen molar-refractivity contribution in [2.75, 3.05) is 32.7 Å². The number of aryl methyl sites for hydroxylation is 1. The van der Waals surface area contributed by atoms with Crippen LogP contribution < -0.4 is 10.6 Å². The zero-order valence-corrected chi connectivity index (χ0v) is 14.9. The van der Waals surface area contributed by atoms with Crippen molar-refractivity contribution in [3.63, 3.8) is 0 Å². The van der Waals surface area contributed by atoms with E-state index in [1.807, 2.05) is 38.7 Å². The van der Waals surface area contributed by atoms with Crippen LogP contribution in [0.25, 0.3) is 0 Å². The molecule has 0 radical (unpaired) electrons. The van der Waals surface area contributed by atoms with E-state index >= 15 is 0 Å². The molecule has 2 rings (SSSR count). The van der Waals surface area contributed by atoms with E-state index in [1.165, 1.54) is 0 Å². The fourth-order valence-electron chi connectivity index (χ4n) is 2.57. The molecular weight excluding hydrogens is 310 g/mol. The van der Waals surface area contributed by atoms with Gasteiger partial charge in [-0.2, -0.15) is 0 Å². The first-order valence-electron chi connectivity index (χ1n) is 8.20. The first kappa shape index (κ1) is 18.4. The molecule has 0 bridgehead atoms. The predicted octanol–water partition coefficient (Wildman–Crippen LogP) is 0.725. The molecule has 2 heterocycles. The summed E-state index contributed by atoms with van der Waals surface area (Å²) in [6.45, 7) is 11.7. The summed E-state index contributed by atoms with van der Waals surface area (Å²) >= 11 is 0. The van der Waals surface area contributed by atoms with Crippen molar-refractivity contribution in [3.05, 3.63) is 17.5 Å². The highest BCUT2D eigenvalue weighted by Crippen LogP contribution is 2.08. The Hall–Kier alpha value is -1.93. The molecule has 2 N–H and O–H groups in total. The molecule has 24 heavy (non-hydrogen) atoms. The van der Waals surface area contributed by atoms with Crippen molar-refractivity contribution in [2.24, 2.45) is 0 Å². The number of aromatic nitrogens is 1. The highest BCUT2D eigenvalue weighted by Gasteiger charge is 2.21. The second-order valence-electron chi connectivity index (χ2n) is 7.23. The topological polar surface area (TPSA) is 90.7 Å². The van der Waals surface area contributed by atoms with Crippen LogP contribution in [0, 0.1) is 6.92 Å². The number of piperazine rings is 1. The molecule has 8 nitrogen and oxygen atoms in total. The highest BCUT2D eigenvalue weighted by atomic mass is 16.5. The van der Waals surface area contributed by atoms with Crippen LogP contribution in [0.2, 0.25) is 0 Å². The van der Waals surface area contributed by atoms with Gasteiger partial charge in [0.25, 0.3) is 0 Å². The minimum Gasteiger partial charge on any atom is -0.361 e. The quantitative estimate of drug-likeness (QED) is 0.841. The molecule has 0 atom stereocenters. The molecule has 134 valence electrons. The van der Waals surface area contributed by atoms with E-state index < -0.39 is 6.03 Å². The minimum absolute atomic E-state index is 0.231. The average molecular weight is 337 g/mol. The summed E-state index contributed by atoms with van der Waals surface area (Å²) in [7, 11) is 0. The standard InChI is InChI=1S/C16H27N5O3/c1-12-9-13(19-24-12)10-20-5-7-21(8-6-20)11-14(22)17-15(23)18-16(2,3)4/h9H,5-8,10-11H2,1-4H3,(H2,17,18,22,23). The number of hydrogen-bond donors (Lipinski definition) is 2. The van der Waals surface area contributed by atoms with Crippen LogP contribution in [0.5, 0.6) is 0 Å². The lowest BCUT2D eigenvalue weighted by Crippen LogP contribution is -2.52. The van der Waals surface area contributed by atoms with E-state index in [1.54, 1.807) is 0 Å². The fraction of sp³-hybridized carbons (Fsp3) is 0.688. The molecule has 1 fully saturated rings. The van der Waals surface area contributed by atoms with Gasteiger partial charge in [0.2, 0.25) is 5.91 Å². The molecule has 3 amide bonds. The second kappa shape index (κ2) is 7.76. The smallest absolute Gasteiger partial charge is 0.321 e. The third-order valence-corrected chi connectivity index (χ3v) is 3.64. The number of hydrogen-bond acceptors (Lipinski definition) is 6. The molecule has 1 aliphatic heterocycles. The minimum atomic E-state index is -0.451. The number of amides is 3. The monoisotopic (exact) mass is 337 g/mol. The van der Waals surface area contributed by atoms with Crippen molar-refractivity contribution < 1.29 is 14.1 Å². The van der Waals surface area contributed by atoms with Gasteiger partial charge >= 0.3 is 6.03 Å². The fourth-order valence-corrected chi connectivity index (χ4v) is 2.57. The summed E-state index contributed by atoms with van der Waals surface area (Å²) in [5, 5.41) is 9.08. The van der Waals surface area contributed by atoms with Crippen LogP contribution in [0.3, 0.4) is 0 Å². The van der Waals surface area contributed by atoms with E-state index in [0.717, 1.165) is 44.2 Å². The number of imide groups is 1. The van der Waals surface area contributed by atoms with Crippen LogP contribution in [-0.4, -0.2) is 65.2 Å². The van der Waals surface area contributed by atoms with Crippen LogP contribution in [-0.2, 0) is 11.3 Å². The van der Waals surface area contributed by atoms with E-state index in [4.69, 9.17) is 4.52 Å². The molecule has 8 heteroatoms. The summed E-state index contributed by atoms with van der Waals surface area (Å²) in [5.41, 5.74) is 0.563. The molecule has 1 aliphatic rings. The Morgan fingerprint density at radius 3 is 2.38 bits per heavy atom. The first-order chi connectivity index (χ1) is 11.2. The van der Waals surface area contributed by atoms with Gasteiger partial charge in [0, 0.05) is 44.3 Å². The number of urea groups is 1. The number of rotatable bonds is 4. The summed E-state index contributed by atoms with van der Waals surface area (Å²) in [4.78, 5) is 27.9. The third kappa shape index (κ3) is 6.29. The van der Waals surface area contributed by atoms with E-state index in [0.29, 0.717) is 0 Å². The lowest BCUT2D eigenvalue weighted by Gasteiger charge is -2.33. The Morgan fingerprint density at radius 2 is 1.83 bits per heavy atom. The Labute approximate surface area is 142 Å². The lowest BCUT2D eigenvalue weighted by atomic mass is 10.1. The van der Waals surface area contributed by atoms with Gasteiger partial charge in [0.05, 0.1) is 12.2 Å². The van der Waals surface area contributed by atoms with Crippen molar-refractivity contribution in [1.29, 1.82) is 0 Å². The normalized spacial score (nSPS) is 16.8. The SMILES string of the molecule is Cc1cc(CN2CCN(CC(=O)NC(=O)NC(C)(C)C)CC2)no1. The molecule has 0 aliphatic carbocycles. The van der Waals surface area contributed by atoms with Gasteiger partial charge in [-0.25, -0.2) is 4.79 Å². The molecule has 0 aromatic carbocycles. The first-order valence-corrected chi connectivity index (χ1v) is 8.20. The van der Waals surface area contributed by atoms with E-state index in [2.05, 4.69) is 20.7 Å². The zero-order valence-electron chi connectivity index (χ0n) is 14.9. The third-order valence-electron chi connectivity index (χ3n) is 3.64. The van der Waals surface area contributed by atoms with Crippen LogP contribution >= 0.6 is 0 Å². The number of carbonyl (C=O) groups excluding carboxylic acids is 2. The molecular formula is C16H27N5O3. The maximum atomic E-state index is 11.9. The summed E-state index contributed by atoms with van der Waals surface area (Å²) in [6.07, 6.45) is 0. The number of nitrogens with one attached hydrogen (secondary N) is 2. The van der Waals surface area contributed by atoms with Crippen molar-refractivity contribution in [1.82, 2.24) is 25.6 Å². The van der Waals surface area contributed by atoms with Crippen molar-refractivity contribution in [3.8, 4) is 0 Å². The van der Waals surface area contributed by atoms with Crippen LogP contribution in [0.15, 0.2) is 10.6 Å². The zero-order chi connectivity index (χ0) is 17.7. The van der Waals surface area contributed by atoms with Crippen LogP contribution in [0.1, 0.15) is 32.2 Å². The van der Waals surface area contributed by atoms with Crippen molar-refractivity contribution >= 4 is 11.9 Å². The van der Waals surface area contributed by atoms with Crippen LogP contribution in [0.4, 0.5) is 4.79 Å². The molecule has 1 aromatic heterocycles. The molecule has 0 spiro atoms. The van der Waals surface area contributed by atoms with Gasteiger partial charge in [-0.05, 0) is 27.7 Å². The van der Waals surface area contributed by atoms with Gasteiger partial charge in [-0.15, -0.1) is 0 Å². The molecule has 0 saturated carbocycles. The van der Waals surface area contributed by atoms with Gasteiger partial charge in [-0.1, -0.05) is 5.16 Å². The maximum absolute atomic E-state index is 11.9. The Kier molecular flexibility index (Phi) is 5.95. The van der Waals surface area contributed by atoms with Gasteiger partial charge in [0.15, 0.2) is 0 Å². The molecule has 0 unspecified atom stereocenters. The number of carbonyl (C=O) groups is 2. The second-order valence-corrected chi connectivity index (χ2v) is 7.23. The van der Waals surface area contributed by atoms with Gasteiger partial charge in [0.1, 0.15) is 5.76 Å². The van der Waals surface area contributed by atoms with E-state index in [9.17, 15) is 9.59 Å².